The molecule has 1 fully saturated rings. The van der Waals surface area contributed by atoms with Gasteiger partial charge in [-0.3, -0.25) is 14.6 Å². The number of ketones is 2. The van der Waals surface area contributed by atoms with Crippen LogP contribution in [0.1, 0.15) is 99.2 Å². The molecule has 168 valence electrons. The zero-order chi connectivity index (χ0) is 23.3. The Hall–Kier alpha value is -2.82. The van der Waals surface area contributed by atoms with Crippen molar-refractivity contribution in [2.75, 3.05) is 0 Å². The van der Waals surface area contributed by atoms with Crippen molar-refractivity contribution >= 4 is 17.3 Å². The zero-order valence-corrected chi connectivity index (χ0v) is 19.7. The van der Waals surface area contributed by atoms with Gasteiger partial charge in [-0.25, -0.2) is 0 Å². The molecular weight excluding hydrogens is 400 g/mol. The minimum absolute atomic E-state index is 0.0346. The molecule has 1 aromatic heterocycles. The monoisotopic (exact) mass is 432 g/mol. The van der Waals surface area contributed by atoms with Crippen LogP contribution < -0.4 is 0 Å². The molecule has 2 aliphatic rings. The van der Waals surface area contributed by atoms with Crippen molar-refractivity contribution in [3.63, 3.8) is 0 Å². The normalized spacial score (nSPS) is 20.8. The number of fused-ring (bicyclic) bond motifs is 1. The van der Waals surface area contributed by atoms with Crippen LogP contribution in [-0.4, -0.2) is 27.5 Å². The molecule has 0 atom stereocenters. The summed E-state index contributed by atoms with van der Waals surface area (Å²) in [5.74, 6) is -0.794. The molecule has 1 heterocycles. The lowest BCUT2D eigenvalue weighted by Crippen LogP contribution is -2.34. The van der Waals surface area contributed by atoms with Crippen molar-refractivity contribution < 1.29 is 14.8 Å². The summed E-state index contributed by atoms with van der Waals surface area (Å²) in [7, 11) is 0. The second kappa shape index (κ2) is 7.95. The third-order valence-electron chi connectivity index (χ3n) is 7.41. The maximum Gasteiger partial charge on any atom is 0.147 e. The first-order chi connectivity index (χ1) is 15.0. The van der Waals surface area contributed by atoms with E-state index in [1.165, 1.54) is 11.1 Å². The highest BCUT2D eigenvalue weighted by atomic mass is 16.4. The number of nitrogens with zero attached hydrogens (tertiary/aromatic N) is 2. The zero-order valence-electron chi connectivity index (χ0n) is 19.7. The molecule has 1 N–H and O–H groups in total. The van der Waals surface area contributed by atoms with Gasteiger partial charge in [0.25, 0.3) is 0 Å². The minimum atomic E-state index is -0.715. The lowest BCUT2D eigenvalue weighted by molar-refractivity contribution is -0.131. The number of aryl methyl sites for hydroxylation is 1. The summed E-state index contributed by atoms with van der Waals surface area (Å²) in [6.45, 7) is 11.1. The molecule has 0 saturated heterocycles. The lowest BCUT2D eigenvalue weighted by Gasteiger charge is -2.42. The predicted molar refractivity (Wildman–Crippen MR) is 125 cm³/mol. The third-order valence-corrected chi connectivity index (χ3v) is 7.41. The van der Waals surface area contributed by atoms with E-state index in [1.807, 2.05) is 6.92 Å². The first kappa shape index (κ1) is 22.4. The van der Waals surface area contributed by atoms with E-state index in [-0.39, 0.29) is 22.4 Å². The van der Waals surface area contributed by atoms with Crippen LogP contribution in [0.4, 0.5) is 0 Å². The van der Waals surface area contributed by atoms with Gasteiger partial charge in [-0.15, -0.1) is 0 Å². The number of aromatic nitrogens is 1. The van der Waals surface area contributed by atoms with E-state index in [0.29, 0.717) is 36.2 Å². The van der Waals surface area contributed by atoms with Gasteiger partial charge in [0.2, 0.25) is 0 Å². The molecule has 5 nitrogen and oxygen atoms in total. The Morgan fingerprint density at radius 3 is 2.12 bits per heavy atom. The van der Waals surface area contributed by atoms with E-state index >= 15 is 0 Å². The van der Waals surface area contributed by atoms with Gasteiger partial charge in [-0.1, -0.05) is 45.0 Å². The number of carbonyl (C=O) groups is 2. The van der Waals surface area contributed by atoms with E-state index < -0.39 is 5.92 Å². The second-order valence-corrected chi connectivity index (χ2v) is 10.6. The Kier molecular flexibility index (Phi) is 5.56. The van der Waals surface area contributed by atoms with Crippen LogP contribution in [-0.2, 0) is 20.4 Å². The highest BCUT2D eigenvalue weighted by molar-refractivity contribution is 6.13. The van der Waals surface area contributed by atoms with Crippen molar-refractivity contribution in [3.8, 4) is 0 Å². The number of hydrogen-bond donors (Lipinski definition) is 1. The Labute approximate surface area is 190 Å². The maximum atomic E-state index is 12.3. The minimum Gasteiger partial charge on any atom is -0.410 e. The number of rotatable bonds is 3. The molecule has 0 radical (unpaired) electrons. The number of pyridine rings is 1. The third kappa shape index (κ3) is 3.78. The number of carbonyl (C=O) groups excluding carboxylic acids is 2. The number of Topliss-reactive ketones (excluding diaryl/α,β-unsaturated/α-hetero) is 2. The standard InChI is InChI=1S/C27H32N2O3/c1-16-13-19-20(27(4,5)12-11-26(19,2)3)14-18(16)25(29-32)21-10-9-17(15-28-21)24-22(30)7-6-8-23(24)31/h9-10,13-15,24,32H,6-8,11-12H2,1-5H3/b29-25-. The average molecular weight is 433 g/mol. The highest BCUT2D eigenvalue weighted by Crippen LogP contribution is 2.46. The predicted octanol–water partition coefficient (Wildman–Crippen LogP) is 5.37. The summed E-state index contributed by atoms with van der Waals surface area (Å²) in [6.07, 6.45) is 5.30. The van der Waals surface area contributed by atoms with E-state index in [2.05, 4.69) is 50.0 Å². The molecule has 4 rings (SSSR count). The van der Waals surface area contributed by atoms with Crippen molar-refractivity contribution in [1.29, 1.82) is 0 Å². The summed E-state index contributed by atoms with van der Waals surface area (Å²) in [6, 6.07) is 7.89. The van der Waals surface area contributed by atoms with Crippen molar-refractivity contribution in [2.45, 2.75) is 83.5 Å². The number of oxime groups is 1. The van der Waals surface area contributed by atoms with Gasteiger partial charge in [0.15, 0.2) is 0 Å². The summed E-state index contributed by atoms with van der Waals surface area (Å²) in [4.78, 5) is 29.1. The first-order valence-electron chi connectivity index (χ1n) is 11.4. The van der Waals surface area contributed by atoms with Gasteiger partial charge >= 0.3 is 0 Å². The van der Waals surface area contributed by atoms with Crippen LogP contribution >= 0.6 is 0 Å². The molecular formula is C27H32N2O3. The summed E-state index contributed by atoms with van der Waals surface area (Å²) in [5.41, 5.74) is 6.19. The van der Waals surface area contributed by atoms with Crippen LogP contribution in [0.15, 0.2) is 35.6 Å². The quantitative estimate of drug-likeness (QED) is 0.306. The molecule has 5 heteroatoms. The van der Waals surface area contributed by atoms with Gasteiger partial charge < -0.3 is 5.21 Å². The van der Waals surface area contributed by atoms with Gasteiger partial charge in [-0.05, 0) is 71.4 Å². The summed E-state index contributed by atoms with van der Waals surface area (Å²) >= 11 is 0. The van der Waals surface area contributed by atoms with Crippen molar-refractivity contribution in [2.24, 2.45) is 5.16 Å². The first-order valence-corrected chi connectivity index (χ1v) is 11.4. The SMILES string of the molecule is Cc1cc2c(cc1/C(=N/O)c1ccc(C3C(=O)CCCC3=O)cn1)C(C)(C)CCC2(C)C. The Morgan fingerprint density at radius 2 is 1.59 bits per heavy atom. The summed E-state index contributed by atoms with van der Waals surface area (Å²) < 4.78 is 0. The molecule has 1 aromatic carbocycles. The van der Waals surface area contributed by atoms with Crippen molar-refractivity contribution in [3.05, 3.63) is 64.0 Å². The fourth-order valence-electron chi connectivity index (χ4n) is 5.21. The molecule has 0 amide bonds. The van der Waals surface area contributed by atoms with Crippen molar-refractivity contribution in [1.82, 2.24) is 4.98 Å². The topological polar surface area (TPSA) is 79.6 Å². The Bertz CT molecular complexity index is 1090. The van der Waals surface area contributed by atoms with Crippen LogP contribution in [0.3, 0.4) is 0 Å². The Balaban J connectivity index is 1.74. The van der Waals surface area contributed by atoms with Crippen LogP contribution in [0.2, 0.25) is 0 Å². The van der Waals surface area contributed by atoms with Crippen LogP contribution in [0.5, 0.6) is 0 Å². The Morgan fingerprint density at radius 1 is 1.00 bits per heavy atom. The fourth-order valence-corrected chi connectivity index (χ4v) is 5.21. The lowest BCUT2D eigenvalue weighted by atomic mass is 9.62. The van der Waals surface area contributed by atoms with E-state index in [0.717, 1.165) is 24.0 Å². The van der Waals surface area contributed by atoms with Gasteiger partial charge in [0, 0.05) is 24.6 Å². The van der Waals surface area contributed by atoms with Crippen LogP contribution in [0, 0.1) is 6.92 Å². The van der Waals surface area contributed by atoms with E-state index in [1.54, 1.807) is 18.3 Å². The van der Waals surface area contributed by atoms with Gasteiger partial charge in [0.05, 0.1) is 5.69 Å². The number of benzene rings is 1. The second-order valence-electron chi connectivity index (χ2n) is 10.6. The molecule has 0 unspecified atom stereocenters. The maximum absolute atomic E-state index is 12.3. The summed E-state index contributed by atoms with van der Waals surface area (Å²) in [5, 5.41) is 13.6. The molecule has 2 aliphatic carbocycles. The van der Waals surface area contributed by atoms with Gasteiger partial charge in [0.1, 0.15) is 23.2 Å². The molecule has 2 aromatic rings. The molecule has 0 aliphatic heterocycles. The van der Waals surface area contributed by atoms with Crippen LogP contribution in [0.25, 0.3) is 0 Å². The average Bonchev–Trinajstić information content (AvgIpc) is 2.74. The molecule has 0 bridgehead atoms. The molecule has 32 heavy (non-hydrogen) atoms. The van der Waals surface area contributed by atoms with Gasteiger partial charge in [-0.2, -0.15) is 0 Å². The van der Waals surface area contributed by atoms with E-state index in [4.69, 9.17) is 0 Å². The largest absolute Gasteiger partial charge is 0.410 e. The smallest absolute Gasteiger partial charge is 0.147 e. The molecule has 0 spiro atoms. The molecule has 1 saturated carbocycles. The number of hydrogen-bond acceptors (Lipinski definition) is 5. The highest BCUT2D eigenvalue weighted by Gasteiger charge is 2.38. The van der Waals surface area contributed by atoms with E-state index in [9.17, 15) is 14.8 Å². The fraction of sp³-hybridized carbons (Fsp3) is 0.481.